The number of fused-ring (bicyclic) bond motifs is 1. The smallest absolute Gasteiger partial charge is 0.245 e. The third-order valence-corrected chi connectivity index (χ3v) is 5.87. The van der Waals surface area contributed by atoms with E-state index < -0.39 is 0 Å². The van der Waals surface area contributed by atoms with Gasteiger partial charge in [0.2, 0.25) is 5.91 Å². The van der Waals surface area contributed by atoms with Gasteiger partial charge in [-0.05, 0) is 30.3 Å². The molecule has 1 amide bonds. The molecule has 0 spiro atoms. The molecule has 3 aromatic rings. The molecular formula is C33H52Cl2N4O3. The van der Waals surface area contributed by atoms with Gasteiger partial charge < -0.3 is 19.7 Å². The number of hydrogen-bond donors (Lipinski definition) is 1. The molecule has 2 aromatic carbocycles. The molecule has 236 valence electrons. The molecule has 0 aliphatic carbocycles. The summed E-state index contributed by atoms with van der Waals surface area (Å²) < 4.78 is 11.8. The van der Waals surface area contributed by atoms with Crippen LogP contribution < -0.4 is 14.8 Å². The van der Waals surface area contributed by atoms with Gasteiger partial charge in [0, 0.05) is 42.4 Å². The molecule has 0 bridgehead atoms. The number of aromatic nitrogens is 2. The summed E-state index contributed by atoms with van der Waals surface area (Å²) >= 11 is 12.3. The summed E-state index contributed by atoms with van der Waals surface area (Å²) in [7, 11) is 1.59. The van der Waals surface area contributed by atoms with E-state index in [0.29, 0.717) is 51.7 Å². The van der Waals surface area contributed by atoms with Gasteiger partial charge in [0.15, 0.2) is 11.5 Å². The van der Waals surface area contributed by atoms with Crippen LogP contribution in [-0.4, -0.2) is 47.1 Å². The van der Waals surface area contributed by atoms with Gasteiger partial charge in [-0.25, -0.2) is 9.97 Å². The number of carbonyl (C=O) groups excluding carboxylic acids is 1. The third kappa shape index (κ3) is 12.5. The quantitative estimate of drug-likeness (QED) is 0.275. The predicted octanol–water partition coefficient (Wildman–Crippen LogP) is 10.4. The predicted molar refractivity (Wildman–Crippen MR) is 183 cm³/mol. The van der Waals surface area contributed by atoms with E-state index in [2.05, 4.69) is 21.9 Å². The van der Waals surface area contributed by atoms with E-state index in [1.807, 2.05) is 81.4 Å². The zero-order chi connectivity index (χ0) is 32.7. The molecule has 1 saturated heterocycles. The van der Waals surface area contributed by atoms with Gasteiger partial charge in [-0.3, -0.25) is 4.79 Å². The Morgan fingerprint density at radius 3 is 2.05 bits per heavy atom. The van der Waals surface area contributed by atoms with E-state index in [9.17, 15) is 4.79 Å². The molecule has 0 atom stereocenters. The van der Waals surface area contributed by atoms with Crippen molar-refractivity contribution in [1.29, 1.82) is 0 Å². The summed E-state index contributed by atoms with van der Waals surface area (Å²) in [6.07, 6.45) is 4.22. The SMILES string of the molecule is C=CC(=O)N1CCC(Oc2cc3c(Nc4ccc(Cl)cc4Cl)ncnc3cc2OC)CC1.CC.CC.CC.CC.CC. The van der Waals surface area contributed by atoms with Crippen LogP contribution in [0, 0.1) is 0 Å². The molecule has 42 heavy (non-hydrogen) atoms. The van der Waals surface area contributed by atoms with E-state index in [1.165, 1.54) is 12.4 Å². The molecule has 0 unspecified atom stereocenters. The van der Waals surface area contributed by atoms with Crippen molar-refractivity contribution in [3.63, 3.8) is 0 Å². The molecule has 0 radical (unpaired) electrons. The van der Waals surface area contributed by atoms with Crippen molar-refractivity contribution in [2.75, 3.05) is 25.5 Å². The number of hydrogen-bond acceptors (Lipinski definition) is 6. The lowest BCUT2D eigenvalue weighted by Crippen LogP contribution is -2.41. The number of halogens is 2. The van der Waals surface area contributed by atoms with Crippen molar-refractivity contribution in [1.82, 2.24) is 14.9 Å². The second-order valence-electron chi connectivity index (χ2n) is 7.34. The normalized spacial score (nSPS) is 11.6. The van der Waals surface area contributed by atoms with Gasteiger partial charge in [-0.1, -0.05) is 99.0 Å². The number of methoxy groups -OCH3 is 1. The summed E-state index contributed by atoms with van der Waals surface area (Å²) in [6.45, 7) is 24.8. The largest absolute Gasteiger partial charge is 0.493 e. The second-order valence-corrected chi connectivity index (χ2v) is 8.18. The van der Waals surface area contributed by atoms with Crippen molar-refractivity contribution in [3.05, 3.63) is 59.4 Å². The van der Waals surface area contributed by atoms with Crippen LogP contribution in [0.1, 0.15) is 82.1 Å². The summed E-state index contributed by atoms with van der Waals surface area (Å²) in [5.74, 6) is 1.70. The number of nitrogens with one attached hydrogen (secondary N) is 1. The number of rotatable bonds is 6. The lowest BCUT2D eigenvalue weighted by Gasteiger charge is -2.31. The summed E-state index contributed by atoms with van der Waals surface area (Å²) in [6, 6.07) is 8.88. The van der Waals surface area contributed by atoms with E-state index >= 15 is 0 Å². The molecule has 1 N–H and O–H groups in total. The molecule has 1 aliphatic rings. The molecule has 1 aliphatic heterocycles. The number of anilines is 2. The van der Waals surface area contributed by atoms with Gasteiger partial charge in [0.05, 0.1) is 23.3 Å². The van der Waals surface area contributed by atoms with Gasteiger partial charge in [-0.2, -0.15) is 0 Å². The fourth-order valence-electron chi connectivity index (χ4n) is 3.64. The topological polar surface area (TPSA) is 76.6 Å². The fraction of sp³-hybridized carbons (Fsp3) is 0.485. The van der Waals surface area contributed by atoms with Crippen LogP contribution in [0.2, 0.25) is 10.0 Å². The van der Waals surface area contributed by atoms with Crippen LogP contribution in [-0.2, 0) is 4.79 Å². The lowest BCUT2D eigenvalue weighted by atomic mass is 10.1. The van der Waals surface area contributed by atoms with Crippen molar-refractivity contribution in [2.45, 2.75) is 88.2 Å². The minimum Gasteiger partial charge on any atom is -0.493 e. The van der Waals surface area contributed by atoms with Gasteiger partial charge >= 0.3 is 0 Å². The van der Waals surface area contributed by atoms with Crippen molar-refractivity contribution in [3.8, 4) is 11.5 Å². The van der Waals surface area contributed by atoms with E-state index in [1.54, 1.807) is 30.2 Å². The van der Waals surface area contributed by atoms with Gasteiger partial charge in [0.25, 0.3) is 0 Å². The molecule has 4 rings (SSSR count). The van der Waals surface area contributed by atoms with Crippen LogP contribution in [0.15, 0.2) is 49.3 Å². The molecule has 7 nitrogen and oxygen atoms in total. The van der Waals surface area contributed by atoms with Crippen LogP contribution in [0.4, 0.5) is 11.5 Å². The first-order chi connectivity index (χ1) is 20.5. The van der Waals surface area contributed by atoms with Gasteiger partial charge in [-0.15, -0.1) is 0 Å². The minimum atomic E-state index is -0.0551. The number of nitrogens with zero attached hydrogens (tertiary/aromatic N) is 3. The zero-order valence-corrected chi connectivity index (χ0v) is 29.0. The molecular weight excluding hydrogens is 571 g/mol. The molecule has 1 aromatic heterocycles. The Morgan fingerprint density at radius 2 is 1.52 bits per heavy atom. The lowest BCUT2D eigenvalue weighted by molar-refractivity contribution is -0.127. The highest BCUT2D eigenvalue weighted by molar-refractivity contribution is 6.36. The Hall–Kier alpha value is -3.03. The van der Waals surface area contributed by atoms with Crippen LogP contribution in [0.3, 0.4) is 0 Å². The summed E-state index contributed by atoms with van der Waals surface area (Å²) in [5, 5.41) is 5.03. The maximum Gasteiger partial charge on any atom is 0.245 e. The molecule has 9 heteroatoms. The average molecular weight is 624 g/mol. The Kier molecular flexibility index (Phi) is 24.0. The summed E-state index contributed by atoms with van der Waals surface area (Å²) in [5.41, 5.74) is 1.37. The first-order valence-corrected chi connectivity index (χ1v) is 15.9. The van der Waals surface area contributed by atoms with Crippen LogP contribution in [0.25, 0.3) is 10.9 Å². The van der Waals surface area contributed by atoms with E-state index in [4.69, 9.17) is 32.7 Å². The number of carbonyl (C=O) groups is 1. The standard InChI is InChI=1S/C23H22Cl2N4O3.5C2H6/c1-3-22(30)29-8-6-15(7-9-29)32-21-11-16-19(12-20(21)31-2)26-13-27-23(16)28-18-5-4-14(24)10-17(18)25;5*1-2/h3-5,10-13,15H,1,6-9H2,2H3,(H,26,27,28);5*1-2H3. The highest BCUT2D eigenvalue weighted by Crippen LogP contribution is 2.37. The maximum atomic E-state index is 11.8. The molecule has 0 saturated carbocycles. The Morgan fingerprint density at radius 1 is 0.929 bits per heavy atom. The van der Waals surface area contributed by atoms with Crippen molar-refractivity contribution in [2.24, 2.45) is 0 Å². The van der Waals surface area contributed by atoms with E-state index in [0.717, 1.165) is 18.2 Å². The fourth-order valence-corrected chi connectivity index (χ4v) is 4.09. The van der Waals surface area contributed by atoms with Crippen LogP contribution >= 0.6 is 23.2 Å². The number of piperidine rings is 1. The van der Waals surface area contributed by atoms with Crippen molar-refractivity contribution < 1.29 is 14.3 Å². The Bertz CT molecular complexity index is 1170. The number of amides is 1. The third-order valence-electron chi connectivity index (χ3n) is 5.33. The first kappa shape index (κ1) is 41.1. The van der Waals surface area contributed by atoms with Crippen molar-refractivity contribution >= 4 is 51.5 Å². The second kappa shape index (κ2) is 24.6. The molecule has 2 heterocycles. The van der Waals surface area contributed by atoms with Gasteiger partial charge in [0.1, 0.15) is 18.2 Å². The Balaban J connectivity index is 0. The first-order valence-electron chi connectivity index (χ1n) is 15.1. The maximum absolute atomic E-state index is 11.8. The number of likely N-dealkylation sites (tertiary alicyclic amines) is 1. The van der Waals surface area contributed by atoms with E-state index in [-0.39, 0.29) is 12.0 Å². The molecule has 1 fully saturated rings. The summed E-state index contributed by atoms with van der Waals surface area (Å²) in [4.78, 5) is 22.3. The Labute approximate surface area is 264 Å². The minimum absolute atomic E-state index is 0.0398. The highest BCUT2D eigenvalue weighted by Gasteiger charge is 2.24. The average Bonchev–Trinajstić information content (AvgIpc) is 3.07. The monoisotopic (exact) mass is 622 g/mol. The number of ether oxygens (including phenoxy) is 2. The van der Waals surface area contributed by atoms with Crippen LogP contribution in [0.5, 0.6) is 11.5 Å². The zero-order valence-electron chi connectivity index (χ0n) is 27.5. The highest BCUT2D eigenvalue weighted by atomic mass is 35.5. The number of benzene rings is 2.